The molecular weight excluding hydrogens is 272 g/mol. The molecular formula is C12H12O8. The van der Waals surface area contributed by atoms with E-state index in [0.717, 1.165) is 32.9 Å². The minimum Gasteiger partial charge on any atom is -0.421 e. The summed E-state index contributed by atoms with van der Waals surface area (Å²) in [5.74, 6) is -3.34. The molecule has 0 aromatic rings. The maximum atomic E-state index is 11.3. The van der Waals surface area contributed by atoms with E-state index in [1.807, 2.05) is 0 Å². The van der Waals surface area contributed by atoms with Crippen molar-refractivity contribution < 1.29 is 38.1 Å². The van der Waals surface area contributed by atoms with Crippen LogP contribution in [0.2, 0.25) is 0 Å². The second-order valence-corrected chi connectivity index (χ2v) is 3.65. The molecule has 0 spiro atoms. The van der Waals surface area contributed by atoms with Crippen molar-refractivity contribution in [1.82, 2.24) is 0 Å². The Morgan fingerprint density at radius 1 is 1.10 bits per heavy atom. The van der Waals surface area contributed by atoms with Crippen molar-refractivity contribution in [1.29, 1.82) is 0 Å². The summed E-state index contributed by atoms with van der Waals surface area (Å²) in [6.45, 7) is 3.36. The molecule has 1 rings (SSSR count). The molecule has 1 aliphatic heterocycles. The summed E-state index contributed by atoms with van der Waals surface area (Å²) in [6, 6.07) is 0. The summed E-state index contributed by atoms with van der Waals surface area (Å²) in [5.41, 5.74) is 0. The zero-order valence-electron chi connectivity index (χ0n) is 11.0. The van der Waals surface area contributed by atoms with Crippen LogP contribution in [0.1, 0.15) is 20.8 Å². The van der Waals surface area contributed by atoms with Crippen molar-refractivity contribution in [3.8, 4) is 0 Å². The monoisotopic (exact) mass is 284 g/mol. The number of rotatable bonds is 4. The van der Waals surface area contributed by atoms with Gasteiger partial charge >= 0.3 is 23.9 Å². The lowest BCUT2D eigenvalue weighted by atomic mass is 10.4. The lowest BCUT2D eigenvalue weighted by molar-refractivity contribution is -0.176. The zero-order valence-corrected chi connectivity index (χ0v) is 11.0. The highest BCUT2D eigenvalue weighted by Gasteiger charge is 2.26. The van der Waals surface area contributed by atoms with E-state index in [4.69, 9.17) is 4.74 Å². The number of allylic oxidation sites excluding steroid dienone is 1. The fourth-order valence-electron chi connectivity index (χ4n) is 1.24. The third-order valence-corrected chi connectivity index (χ3v) is 1.80. The molecule has 8 nitrogen and oxygen atoms in total. The predicted octanol–water partition coefficient (Wildman–Crippen LogP) is 0.326. The van der Waals surface area contributed by atoms with E-state index >= 15 is 0 Å². The number of ether oxygens (including phenoxy) is 4. The SMILES string of the molecule is CC(=O)OC1=CC(=CC(OC(C)=O)OC(C)=O)OC1=O. The van der Waals surface area contributed by atoms with E-state index in [2.05, 4.69) is 14.2 Å². The van der Waals surface area contributed by atoms with Crippen LogP contribution in [0.5, 0.6) is 0 Å². The molecule has 0 saturated heterocycles. The van der Waals surface area contributed by atoms with Crippen LogP contribution in [-0.4, -0.2) is 30.2 Å². The first-order valence-corrected chi connectivity index (χ1v) is 5.46. The lowest BCUT2D eigenvalue weighted by Crippen LogP contribution is -2.20. The minimum atomic E-state index is -1.35. The fraction of sp³-hybridized carbons (Fsp3) is 0.333. The molecule has 0 saturated carbocycles. The van der Waals surface area contributed by atoms with Gasteiger partial charge in [0.25, 0.3) is 6.29 Å². The first-order valence-electron chi connectivity index (χ1n) is 5.46. The van der Waals surface area contributed by atoms with E-state index in [1.54, 1.807) is 0 Å². The van der Waals surface area contributed by atoms with Gasteiger partial charge in [-0.3, -0.25) is 14.4 Å². The van der Waals surface area contributed by atoms with Gasteiger partial charge in [0, 0.05) is 32.9 Å². The average Bonchev–Trinajstić information content (AvgIpc) is 2.55. The van der Waals surface area contributed by atoms with Crippen molar-refractivity contribution in [2.75, 3.05) is 0 Å². The molecule has 0 N–H and O–H groups in total. The maximum Gasteiger partial charge on any atom is 0.379 e. The first kappa shape index (κ1) is 15.4. The van der Waals surface area contributed by atoms with Crippen molar-refractivity contribution in [3.63, 3.8) is 0 Å². The van der Waals surface area contributed by atoms with Crippen LogP contribution in [0.25, 0.3) is 0 Å². The molecule has 20 heavy (non-hydrogen) atoms. The van der Waals surface area contributed by atoms with Gasteiger partial charge in [0.1, 0.15) is 5.76 Å². The van der Waals surface area contributed by atoms with E-state index in [0.29, 0.717) is 0 Å². The third kappa shape index (κ3) is 4.92. The topological polar surface area (TPSA) is 105 Å². The number of hydrogen-bond acceptors (Lipinski definition) is 8. The zero-order chi connectivity index (χ0) is 15.3. The molecule has 8 heteroatoms. The maximum absolute atomic E-state index is 11.3. The number of carbonyl (C=O) groups is 4. The second kappa shape index (κ2) is 6.50. The van der Waals surface area contributed by atoms with E-state index in [-0.39, 0.29) is 11.5 Å². The number of cyclic esters (lactones) is 1. The van der Waals surface area contributed by atoms with Crippen LogP contribution in [0.3, 0.4) is 0 Å². The largest absolute Gasteiger partial charge is 0.421 e. The van der Waals surface area contributed by atoms with Crippen LogP contribution in [-0.2, 0) is 38.1 Å². The highest BCUT2D eigenvalue weighted by atomic mass is 16.7. The molecule has 0 amide bonds. The number of hydrogen-bond donors (Lipinski definition) is 0. The van der Waals surface area contributed by atoms with Crippen LogP contribution in [0.15, 0.2) is 23.7 Å². The molecule has 0 unspecified atom stereocenters. The van der Waals surface area contributed by atoms with Gasteiger partial charge in [-0.2, -0.15) is 0 Å². The van der Waals surface area contributed by atoms with Gasteiger partial charge in [0.15, 0.2) is 0 Å². The van der Waals surface area contributed by atoms with Crippen LogP contribution in [0, 0.1) is 0 Å². The van der Waals surface area contributed by atoms with Gasteiger partial charge in [-0.25, -0.2) is 4.79 Å². The average molecular weight is 284 g/mol. The molecule has 1 aliphatic rings. The van der Waals surface area contributed by atoms with Gasteiger partial charge < -0.3 is 18.9 Å². The molecule has 0 aliphatic carbocycles. The Labute approximate surface area is 113 Å². The number of esters is 4. The molecule has 0 aromatic heterocycles. The molecule has 0 atom stereocenters. The molecule has 0 bridgehead atoms. The van der Waals surface area contributed by atoms with Crippen molar-refractivity contribution >= 4 is 23.9 Å². The van der Waals surface area contributed by atoms with Crippen LogP contribution in [0.4, 0.5) is 0 Å². The van der Waals surface area contributed by atoms with Gasteiger partial charge in [0.05, 0.1) is 0 Å². The summed E-state index contributed by atoms with van der Waals surface area (Å²) in [7, 11) is 0. The van der Waals surface area contributed by atoms with Gasteiger partial charge in [-0.15, -0.1) is 0 Å². The molecule has 0 radical (unpaired) electrons. The highest BCUT2D eigenvalue weighted by Crippen LogP contribution is 2.19. The predicted molar refractivity (Wildman–Crippen MR) is 61.3 cm³/mol. The Morgan fingerprint density at radius 3 is 2.10 bits per heavy atom. The van der Waals surface area contributed by atoms with Gasteiger partial charge in [-0.1, -0.05) is 0 Å². The van der Waals surface area contributed by atoms with Crippen molar-refractivity contribution in [2.24, 2.45) is 0 Å². The Bertz CT molecular complexity index is 498. The Balaban J connectivity index is 2.86. The summed E-state index contributed by atoms with van der Waals surface area (Å²) in [6.07, 6.45) is 0.849. The molecule has 108 valence electrons. The quantitative estimate of drug-likeness (QED) is 0.413. The van der Waals surface area contributed by atoms with Gasteiger partial charge in [0.2, 0.25) is 5.76 Å². The first-order chi connectivity index (χ1) is 9.27. The van der Waals surface area contributed by atoms with Gasteiger partial charge in [-0.05, 0) is 0 Å². The van der Waals surface area contributed by atoms with Crippen LogP contribution < -0.4 is 0 Å². The molecule has 0 aromatic carbocycles. The standard InChI is InChI=1S/C12H12O8/c1-6(13)17-10-4-9(20-12(10)16)5-11(18-7(2)14)19-8(3)15/h4-5,11H,1-3H3. The summed E-state index contributed by atoms with van der Waals surface area (Å²) in [4.78, 5) is 43.8. The van der Waals surface area contributed by atoms with Crippen molar-refractivity contribution in [2.45, 2.75) is 27.1 Å². The van der Waals surface area contributed by atoms with E-state index in [1.165, 1.54) is 0 Å². The minimum absolute atomic E-state index is 0.0706. The smallest absolute Gasteiger partial charge is 0.379 e. The summed E-state index contributed by atoms with van der Waals surface area (Å²) >= 11 is 0. The summed E-state index contributed by atoms with van der Waals surface area (Å²) < 4.78 is 18.7. The Morgan fingerprint density at radius 2 is 1.65 bits per heavy atom. The highest BCUT2D eigenvalue weighted by molar-refractivity contribution is 5.93. The van der Waals surface area contributed by atoms with E-state index in [9.17, 15) is 19.2 Å². The van der Waals surface area contributed by atoms with Crippen molar-refractivity contribution in [3.05, 3.63) is 23.7 Å². The Hall–Kier alpha value is -2.64. The number of carbonyl (C=O) groups excluding carboxylic acids is 4. The third-order valence-electron chi connectivity index (χ3n) is 1.80. The van der Waals surface area contributed by atoms with Crippen LogP contribution >= 0.6 is 0 Å². The molecule has 0 fully saturated rings. The lowest BCUT2D eigenvalue weighted by Gasteiger charge is -2.12. The fourth-order valence-corrected chi connectivity index (χ4v) is 1.24. The van der Waals surface area contributed by atoms with E-state index < -0.39 is 30.2 Å². The Kier molecular flexibility index (Phi) is 5.01. The summed E-state index contributed by atoms with van der Waals surface area (Å²) in [5, 5.41) is 0. The molecule has 1 heterocycles. The second-order valence-electron chi connectivity index (χ2n) is 3.65. The normalized spacial score (nSPS) is 15.7.